The molecule has 0 radical (unpaired) electrons. The number of benzene rings is 1. The van der Waals surface area contributed by atoms with Crippen LogP contribution < -0.4 is 10.1 Å². The van der Waals surface area contributed by atoms with E-state index in [1.807, 2.05) is 42.5 Å². The largest absolute Gasteiger partial charge is 0.484 e. The van der Waals surface area contributed by atoms with Gasteiger partial charge in [-0.3, -0.25) is 15.1 Å². The summed E-state index contributed by atoms with van der Waals surface area (Å²) < 4.78 is 6.52. The number of aromatic nitrogens is 3. The summed E-state index contributed by atoms with van der Waals surface area (Å²) in [5.74, 6) is 0.360. The van der Waals surface area contributed by atoms with Crippen LogP contribution in [0.25, 0.3) is 10.7 Å². The number of halogens is 1. The van der Waals surface area contributed by atoms with Crippen LogP contribution in [-0.4, -0.2) is 27.7 Å². The smallest absolute Gasteiger partial charge is 0.264 e. The van der Waals surface area contributed by atoms with Crippen molar-refractivity contribution in [3.63, 3.8) is 0 Å². The first-order valence-electron chi connectivity index (χ1n) is 6.64. The van der Waals surface area contributed by atoms with E-state index in [1.54, 1.807) is 6.20 Å². The second-order valence-corrected chi connectivity index (χ2v) is 6.64. The number of nitrogens with one attached hydrogen (secondary N) is 1. The van der Waals surface area contributed by atoms with Gasteiger partial charge in [0.25, 0.3) is 5.91 Å². The number of nitrogens with zero attached hydrogens (tertiary/aromatic N) is 3. The van der Waals surface area contributed by atoms with Gasteiger partial charge in [0.1, 0.15) is 11.4 Å². The first-order chi connectivity index (χ1) is 11.2. The standard InChI is InChI=1S/C15H11IN4O2S/c16-10-4-6-11(7-5-10)22-9-13(21)18-15-20-19-14(23-15)12-3-1-2-8-17-12/h1-8H,9H2,(H,18,20,21). The van der Waals surface area contributed by atoms with E-state index in [-0.39, 0.29) is 12.5 Å². The van der Waals surface area contributed by atoms with Crippen LogP contribution in [0.4, 0.5) is 5.13 Å². The van der Waals surface area contributed by atoms with E-state index in [9.17, 15) is 4.79 Å². The molecule has 0 fully saturated rings. The molecule has 0 saturated carbocycles. The van der Waals surface area contributed by atoms with Crippen molar-refractivity contribution < 1.29 is 9.53 Å². The lowest BCUT2D eigenvalue weighted by Crippen LogP contribution is -2.20. The lowest BCUT2D eigenvalue weighted by atomic mass is 10.3. The van der Waals surface area contributed by atoms with Crippen LogP contribution in [0.1, 0.15) is 0 Å². The average Bonchev–Trinajstić information content (AvgIpc) is 3.04. The number of ether oxygens (including phenoxy) is 1. The van der Waals surface area contributed by atoms with Gasteiger partial charge < -0.3 is 4.74 Å². The molecule has 0 bridgehead atoms. The third-order valence-corrected chi connectivity index (χ3v) is 4.32. The Hall–Kier alpha value is -2.07. The first-order valence-corrected chi connectivity index (χ1v) is 8.53. The highest BCUT2D eigenvalue weighted by Gasteiger charge is 2.10. The number of pyridine rings is 1. The fourth-order valence-corrected chi connectivity index (χ4v) is 2.80. The number of hydrogen-bond donors (Lipinski definition) is 1. The van der Waals surface area contributed by atoms with Gasteiger partial charge in [-0.25, -0.2) is 0 Å². The Morgan fingerprint density at radius 3 is 2.74 bits per heavy atom. The molecule has 0 aliphatic carbocycles. The van der Waals surface area contributed by atoms with E-state index in [4.69, 9.17) is 4.74 Å². The van der Waals surface area contributed by atoms with Gasteiger partial charge in [0.05, 0.1) is 0 Å². The van der Waals surface area contributed by atoms with Gasteiger partial charge in [-0.1, -0.05) is 17.4 Å². The fourth-order valence-electron chi connectivity index (χ4n) is 1.70. The molecular formula is C15H11IN4O2S. The Labute approximate surface area is 150 Å². The van der Waals surface area contributed by atoms with Crippen LogP contribution in [-0.2, 0) is 4.79 Å². The van der Waals surface area contributed by atoms with Gasteiger partial charge in [-0.05, 0) is 59.0 Å². The maximum absolute atomic E-state index is 11.9. The van der Waals surface area contributed by atoms with Gasteiger partial charge >= 0.3 is 0 Å². The number of amides is 1. The van der Waals surface area contributed by atoms with Crippen molar-refractivity contribution in [2.45, 2.75) is 0 Å². The molecular weight excluding hydrogens is 427 g/mol. The molecule has 3 rings (SSSR count). The topological polar surface area (TPSA) is 77.0 Å². The summed E-state index contributed by atoms with van der Waals surface area (Å²) in [6.45, 7) is -0.0842. The molecule has 1 aromatic carbocycles. The van der Waals surface area contributed by atoms with Crippen LogP contribution in [0.2, 0.25) is 0 Å². The zero-order chi connectivity index (χ0) is 16.1. The molecule has 3 aromatic rings. The molecule has 0 aliphatic heterocycles. The SMILES string of the molecule is O=C(COc1ccc(I)cc1)Nc1nnc(-c2ccccn2)s1. The number of hydrogen-bond acceptors (Lipinski definition) is 6. The predicted molar refractivity (Wildman–Crippen MR) is 96.4 cm³/mol. The fraction of sp³-hybridized carbons (Fsp3) is 0.0667. The summed E-state index contributed by atoms with van der Waals surface area (Å²) in [7, 11) is 0. The maximum Gasteiger partial charge on any atom is 0.264 e. The van der Waals surface area contributed by atoms with E-state index in [1.165, 1.54) is 11.3 Å². The summed E-state index contributed by atoms with van der Waals surface area (Å²) in [5, 5.41) is 11.7. The molecule has 116 valence electrons. The Kier molecular flexibility index (Phi) is 5.13. The second kappa shape index (κ2) is 7.47. The Bertz CT molecular complexity index is 793. The Balaban J connectivity index is 1.56. The number of carbonyl (C=O) groups excluding carboxylic acids is 1. The normalized spacial score (nSPS) is 10.3. The quantitative estimate of drug-likeness (QED) is 0.620. The minimum atomic E-state index is -0.285. The molecule has 0 saturated heterocycles. The summed E-state index contributed by atoms with van der Waals surface area (Å²) in [5.41, 5.74) is 0.723. The lowest BCUT2D eigenvalue weighted by Gasteiger charge is -2.05. The van der Waals surface area contributed by atoms with E-state index in [2.05, 4.69) is 43.1 Å². The molecule has 23 heavy (non-hydrogen) atoms. The lowest BCUT2D eigenvalue weighted by molar-refractivity contribution is -0.118. The van der Waals surface area contributed by atoms with E-state index >= 15 is 0 Å². The molecule has 1 N–H and O–H groups in total. The van der Waals surface area contributed by atoms with Gasteiger partial charge in [0, 0.05) is 9.77 Å². The van der Waals surface area contributed by atoms with Gasteiger partial charge in [-0.2, -0.15) is 0 Å². The maximum atomic E-state index is 11.9. The molecule has 2 heterocycles. The Morgan fingerprint density at radius 1 is 1.17 bits per heavy atom. The molecule has 1 amide bonds. The molecule has 0 atom stereocenters. The summed E-state index contributed by atoms with van der Waals surface area (Å²) in [4.78, 5) is 16.1. The average molecular weight is 438 g/mol. The number of carbonyl (C=O) groups is 1. The summed E-state index contributed by atoms with van der Waals surface area (Å²) in [6.07, 6.45) is 1.68. The third-order valence-electron chi connectivity index (χ3n) is 2.74. The second-order valence-electron chi connectivity index (χ2n) is 4.42. The van der Waals surface area contributed by atoms with Gasteiger partial charge in [-0.15, -0.1) is 10.2 Å². The summed E-state index contributed by atoms with van der Waals surface area (Å²) in [6, 6.07) is 13.0. The molecule has 2 aromatic heterocycles. The van der Waals surface area contributed by atoms with Gasteiger partial charge in [0.15, 0.2) is 11.6 Å². The van der Waals surface area contributed by atoms with Crippen molar-refractivity contribution >= 4 is 45.0 Å². The van der Waals surface area contributed by atoms with Crippen molar-refractivity contribution in [3.05, 3.63) is 52.2 Å². The molecule has 0 spiro atoms. The summed E-state index contributed by atoms with van der Waals surface area (Å²) >= 11 is 3.47. The third kappa shape index (κ3) is 4.45. The van der Waals surface area contributed by atoms with E-state index in [0.29, 0.717) is 15.9 Å². The zero-order valence-corrected chi connectivity index (χ0v) is 14.7. The Morgan fingerprint density at radius 2 is 2.00 bits per heavy atom. The van der Waals surface area contributed by atoms with E-state index < -0.39 is 0 Å². The highest BCUT2D eigenvalue weighted by atomic mass is 127. The number of rotatable bonds is 5. The van der Waals surface area contributed by atoms with Crippen LogP contribution in [0.15, 0.2) is 48.7 Å². The molecule has 0 unspecified atom stereocenters. The highest BCUT2D eigenvalue weighted by Crippen LogP contribution is 2.24. The molecule has 8 heteroatoms. The van der Waals surface area contributed by atoms with Crippen molar-refractivity contribution in [2.75, 3.05) is 11.9 Å². The van der Waals surface area contributed by atoms with Gasteiger partial charge in [0.2, 0.25) is 5.13 Å². The van der Waals surface area contributed by atoms with Crippen molar-refractivity contribution in [1.29, 1.82) is 0 Å². The molecule has 0 aliphatic rings. The number of anilines is 1. The predicted octanol–water partition coefficient (Wildman–Crippen LogP) is 3.22. The van der Waals surface area contributed by atoms with Crippen LogP contribution in [0.5, 0.6) is 5.75 Å². The van der Waals surface area contributed by atoms with Crippen LogP contribution in [0.3, 0.4) is 0 Å². The van der Waals surface area contributed by atoms with Crippen LogP contribution in [0, 0.1) is 3.57 Å². The van der Waals surface area contributed by atoms with Crippen molar-refractivity contribution in [1.82, 2.24) is 15.2 Å². The van der Waals surface area contributed by atoms with Crippen molar-refractivity contribution in [3.8, 4) is 16.5 Å². The molecule has 6 nitrogen and oxygen atoms in total. The zero-order valence-electron chi connectivity index (χ0n) is 11.8. The first kappa shape index (κ1) is 15.8. The van der Waals surface area contributed by atoms with E-state index in [0.717, 1.165) is 9.26 Å². The minimum Gasteiger partial charge on any atom is -0.484 e. The highest BCUT2D eigenvalue weighted by molar-refractivity contribution is 14.1. The minimum absolute atomic E-state index is 0.0842. The van der Waals surface area contributed by atoms with Crippen molar-refractivity contribution in [2.24, 2.45) is 0 Å². The van der Waals surface area contributed by atoms with Crippen LogP contribution >= 0.6 is 33.9 Å². The monoisotopic (exact) mass is 438 g/mol.